The molecule has 21 heavy (non-hydrogen) atoms. The quantitative estimate of drug-likeness (QED) is 0.695. The van der Waals surface area contributed by atoms with Gasteiger partial charge in [0.05, 0.1) is 10.6 Å². The van der Waals surface area contributed by atoms with Gasteiger partial charge in [-0.15, -0.1) is 34.4 Å². The van der Waals surface area contributed by atoms with Gasteiger partial charge in [0.15, 0.2) is 5.13 Å². The molecule has 3 nitrogen and oxygen atoms in total. The molecule has 0 aliphatic rings. The number of benzene rings is 1. The average Bonchev–Trinajstić information content (AvgIpc) is 3.19. The largest absolute Gasteiger partial charge is 0.297 e. The highest BCUT2D eigenvalue weighted by atomic mass is 32.2. The van der Waals surface area contributed by atoms with E-state index in [9.17, 15) is 4.79 Å². The molecule has 3 aromatic rings. The zero-order chi connectivity index (χ0) is 14.7. The maximum absolute atomic E-state index is 12.0. The Bertz CT molecular complexity index is 733. The number of hydrogen-bond donors (Lipinski definition) is 1. The predicted octanol–water partition coefficient (Wildman–Crippen LogP) is 4.85. The Morgan fingerprint density at radius 2 is 2.00 bits per heavy atom. The maximum Gasteiger partial charge on any atom is 0.267 e. The zero-order valence-electron chi connectivity index (χ0n) is 11.2. The number of thioether (sulfide) groups is 1. The summed E-state index contributed by atoms with van der Waals surface area (Å²) < 4.78 is 0. The third kappa shape index (κ3) is 3.34. The molecule has 1 aromatic carbocycles. The fraction of sp³-hybridized carbons (Fsp3) is 0.0667. The number of anilines is 1. The number of amides is 1. The molecular formula is C15H12N2OS3. The van der Waals surface area contributed by atoms with E-state index in [0.29, 0.717) is 10.0 Å². The standard InChI is InChI=1S/C15H12N2OS3/c1-19-11-6-4-10(5-7-11)12-9-21-15(16-12)17-14(18)13-3-2-8-20-13/h2-9H,1H3,(H,16,17,18). The highest BCUT2D eigenvalue weighted by molar-refractivity contribution is 7.98. The first-order valence-corrected chi connectivity index (χ1v) is 9.19. The third-order valence-electron chi connectivity index (χ3n) is 2.86. The first kappa shape index (κ1) is 14.3. The van der Waals surface area contributed by atoms with E-state index >= 15 is 0 Å². The van der Waals surface area contributed by atoms with E-state index in [4.69, 9.17) is 0 Å². The van der Waals surface area contributed by atoms with E-state index in [1.165, 1.54) is 27.6 Å². The molecule has 0 unspecified atom stereocenters. The minimum absolute atomic E-state index is 0.108. The molecule has 3 rings (SSSR count). The van der Waals surface area contributed by atoms with Crippen LogP contribution in [0.2, 0.25) is 0 Å². The number of carbonyl (C=O) groups excluding carboxylic acids is 1. The normalized spacial score (nSPS) is 10.5. The van der Waals surface area contributed by atoms with E-state index < -0.39 is 0 Å². The summed E-state index contributed by atoms with van der Waals surface area (Å²) >= 11 is 4.57. The fourth-order valence-corrected chi connectivity index (χ4v) is 3.53. The summed E-state index contributed by atoms with van der Waals surface area (Å²) in [5.41, 5.74) is 1.94. The van der Waals surface area contributed by atoms with Crippen LogP contribution in [0.4, 0.5) is 5.13 Å². The average molecular weight is 332 g/mol. The molecule has 0 aliphatic heterocycles. The van der Waals surface area contributed by atoms with Gasteiger partial charge in [0, 0.05) is 15.8 Å². The molecule has 0 radical (unpaired) electrons. The van der Waals surface area contributed by atoms with Crippen molar-refractivity contribution in [1.82, 2.24) is 4.98 Å². The second-order valence-corrected chi connectivity index (χ2v) is 6.88. The lowest BCUT2D eigenvalue weighted by atomic mass is 10.2. The van der Waals surface area contributed by atoms with Crippen LogP contribution in [0.3, 0.4) is 0 Å². The van der Waals surface area contributed by atoms with Gasteiger partial charge in [-0.3, -0.25) is 10.1 Å². The van der Waals surface area contributed by atoms with Gasteiger partial charge in [-0.2, -0.15) is 0 Å². The highest BCUT2D eigenvalue weighted by Crippen LogP contribution is 2.27. The van der Waals surface area contributed by atoms with E-state index in [2.05, 4.69) is 28.7 Å². The van der Waals surface area contributed by atoms with E-state index in [-0.39, 0.29) is 5.91 Å². The second kappa shape index (κ2) is 6.43. The van der Waals surface area contributed by atoms with E-state index in [0.717, 1.165) is 11.3 Å². The Morgan fingerprint density at radius 1 is 1.19 bits per heavy atom. The molecule has 0 fully saturated rings. The van der Waals surface area contributed by atoms with Crippen LogP contribution in [0.5, 0.6) is 0 Å². The van der Waals surface area contributed by atoms with Gasteiger partial charge < -0.3 is 0 Å². The minimum Gasteiger partial charge on any atom is -0.297 e. The van der Waals surface area contributed by atoms with Crippen LogP contribution < -0.4 is 5.32 Å². The van der Waals surface area contributed by atoms with Crippen LogP contribution in [0, 0.1) is 0 Å². The van der Waals surface area contributed by atoms with Gasteiger partial charge in [-0.1, -0.05) is 18.2 Å². The van der Waals surface area contributed by atoms with Crippen molar-refractivity contribution < 1.29 is 4.79 Å². The first-order valence-electron chi connectivity index (χ1n) is 6.21. The second-order valence-electron chi connectivity index (χ2n) is 4.20. The molecule has 1 amide bonds. The monoisotopic (exact) mass is 332 g/mol. The molecule has 1 N–H and O–H groups in total. The SMILES string of the molecule is CSc1ccc(-c2csc(NC(=O)c3cccs3)n2)cc1. The summed E-state index contributed by atoms with van der Waals surface area (Å²) in [6.07, 6.45) is 2.05. The molecule has 0 aliphatic carbocycles. The molecule has 0 spiro atoms. The van der Waals surface area contributed by atoms with Crippen molar-refractivity contribution in [2.75, 3.05) is 11.6 Å². The van der Waals surface area contributed by atoms with Gasteiger partial charge in [-0.25, -0.2) is 4.98 Å². The lowest BCUT2D eigenvalue weighted by Crippen LogP contribution is -2.09. The zero-order valence-corrected chi connectivity index (χ0v) is 13.6. The summed E-state index contributed by atoms with van der Waals surface area (Å²) in [5.74, 6) is -0.108. The smallest absolute Gasteiger partial charge is 0.267 e. The first-order chi connectivity index (χ1) is 10.3. The Balaban J connectivity index is 1.75. The van der Waals surface area contributed by atoms with Crippen molar-refractivity contribution in [3.05, 3.63) is 52.0 Å². The van der Waals surface area contributed by atoms with E-state index in [1.54, 1.807) is 17.8 Å². The van der Waals surface area contributed by atoms with Crippen LogP contribution >= 0.6 is 34.4 Å². The van der Waals surface area contributed by atoms with Crippen molar-refractivity contribution in [1.29, 1.82) is 0 Å². The van der Waals surface area contributed by atoms with Gasteiger partial charge in [0.2, 0.25) is 0 Å². The number of thiophene rings is 1. The van der Waals surface area contributed by atoms with Gasteiger partial charge in [0.1, 0.15) is 0 Å². The molecule has 0 atom stereocenters. The highest BCUT2D eigenvalue weighted by Gasteiger charge is 2.10. The molecule has 2 heterocycles. The Morgan fingerprint density at radius 3 is 2.67 bits per heavy atom. The van der Waals surface area contributed by atoms with Gasteiger partial charge >= 0.3 is 0 Å². The Kier molecular flexibility index (Phi) is 4.38. The molecule has 0 saturated heterocycles. The summed E-state index contributed by atoms with van der Waals surface area (Å²) in [5, 5.41) is 7.30. The van der Waals surface area contributed by atoms with Gasteiger partial charge in [0.25, 0.3) is 5.91 Å². The predicted molar refractivity (Wildman–Crippen MR) is 91.6 cm³/mol. The topological polar surface area (TPSA) is 42.0 Å². The number of rotatable bonds is 4. The van der Waals surface area contributed by atoms with Crippen LogP contribution in [0.25, 0.3) is 11.3 Å². The number of carbonyl (C=O) groups is 1. The summed E-state index contributed by atoms with van der Waals surface area (Å²) in [4.78, 5) is 18.4. The van der Waals surface area contributed by atoms with Crippen molar-refractivity contribution in [3.8, 4) is 11.3 Å². The Hall–Kier alpha value is -1.63. The van der Waals surface area contributed by atoms with Crippen LogP contribution in [-0.4, -0.2) is 17.1 Å². The van der Waals surface area contributed by atoms with Crippen LogP contribution in [-0.2, 0) is 0 Å². The minimum atomic E-state index is -0.108. The summed E-state index contributed by atoms with van der Waals surface area (Å²) in [6.45, 7) is 0. The molecule has 106 valence electrons. The van der Waals surface area contributed by atoms with Crippen molar-refractivity contribution in [2.24, 2.45) is 0 Å². The lowest BCUT2D eigenvalue weighted by Gasteiger charge is -2.00. The number of nitrogens with zero attached hydrogens (tertiary/aromatic N) is 1. The molecule has 2 aromatic heterocycles. The number of aromatic nitrogens is 1. The number of thiazole rings is 1. The molecule has 0 bridgehead atoms. The summed E-state index contributed by atoms with van der Waals surface area (Å²) in [6, 6.07) is 11.9. The molecule has 6 heteroatoms. The van der Waals surface area contributed by atoms with Crippen LogP contribution in [0.15, 0.2) is 52.1 Å². The Labute approximate surface area is 135 Å². The lowest BCUT2D eigenvalue weighted by molar-refractivity contribution is 0.103. The van der Waals surface area contributed by atoms with E-state index in [1.807, 2.05) is 29.0 Å². The van der Waals surface area contributed by atoms with Crippen molar-refractivity contribution in [2.45, 2.75) is 4.90 Å². The summed E-state index contributed by atoms with van der Waals surface area (Å²) in [7, 11) is 0. The molecule has 0 saturated carbocycles. The van der Waals surface area contributed by atoms with Crippen molar-refractivity contribution in [3.63, 3.8) is 0 Å². The van der Waals surface area contributed by atoms with Crippen LogP contribution in [0.1, 0.15) is 9.67 Å². The number of nitrogens with one attached hydrogen (secondary N) is 1. The van der Waals surface area contributed by atoms with Gasteiger partial charge in [-0.05, 0) is 29.8 Å². The fourth-order valence-electron chi connectivity index (χ4n) is 1.79. The molecular weight excluding hydrogens is 320 g/mol. The third-order valence-corrected chi connectivity index (χ3v) is 5.23. The van der Waals surface area contributed by atoms with Crippen molar-refractivity contribution >= 4 is 45.5 Å². The number of hydrogen-bond acceptors (Lipinski definition) is 5. The maximum atomic E-state index is 12.0.